The Bertz CT molecular complexity index is 1650. The number of thiophene rings is 1. The number of nitrogens with one attached hydrogen (secondary N) is 3. The molecule has 4 amide bonds. The van der Waals surface area contributed by atoms with Gasteiger partial charge in [0.1, 0.15) is 15.5 Å². The number of aromatic nitrogens is 2. The van der Waals surface area contributed by atoms with Crippen molar-refractivity contribution in [3.05, 3.63) is 65.3 Å². The first kappa shape index (κ1) is 32.1. The fourth-order valence-electron chi connectivity index (χ4n) is 5.44. The maximum absolute atomic E-state index is 13.5. The molecule has 1 aliphatic carbocycles. The second-order valence-electron chi connectivity index (χ2n) is 10.3. The van der Waals surface area contributed by atoms with Crippen LogP contribution in [0.2, 0.25) is 0 Å². The van der Waals surface area contributed by atoms with Crippen molar-refractivity contribution in [2.75, 3.05) is 10.2 Å². The number of hydrogen-bond donors (Lipinski definition) is 3. The molecule has 3 aromatic heterocycles. The van der Waals surface area contributed by atoms with Crippen LogP contribution in [0, 0.1) is 6.92 Å². The number of ether oxygens (including phenoxy) is 1. The van der Waals surface area contributed by atoms with Gasteiger partial charge < -0.3 is 20.7 Å². The van der Waals surface area contributed by atoms with Crippen LogP contribution in [0.1, 0.15) is 54.3 Å². The topological polar surface area (TPSA) is 126 Å². The van der Waals surface area contributed by atoms with E-state index >= 15 is 0 Å². The Morgan fingerprint density at radius 2 is 1.81 bits per heavy atom. The zero-order valence-electron chi connectivity index (χ0n) is 23.8. The van der Waals surface area contributed by atoms with Gasteiger partial charge in [0.25, 0.3) is 5.91 Å². The monoisotopic (exact) mass is 638 g/mol. The Morgan fingerprint density at radius 1 is 1.07 bits per heavy atom. The third kappa shape index (κ3) is 6.58. The molecule has 0 radical (unpaired) electrons. The standard InChI is InChI=1S/C30H30N6O4S.2H2S/c1-3-23(37)33-18-8-7-9-19(15-18)34-28(38)27-26-25-21(12-13-31-29(25)41-27)36(30(39)35-26)22-16-32-24(14-17(22)2)40-20-10-5-4-6-11-20;;/h4-6,10-14,16,18-19H,3,7-9,15H2,1-2H3,(H,33,37)(H,34,38)(H,35,39);2*1H2/t18-,19-;;/m0../s1. The van der Waals surface area contributed by atoms with Crippen LogP contribution in [0.15, 0.2) is 54.9 Å². The van der Waals surface area contributed by atoms with Gasteiger partial charge in [0.05, 0.1) is 28.6 Å². The minimum Gasteiger partial charge on any atom is -0.439 e. The summed E-state index contributed by atoms with van der Waals surface area (Å²) >= 11 is 1.25. The summed E-state index contributed by atoms with van der Waals surface area (Å²) in [6, 6.07) is 12.5. The van der Waals surface area contributed by atoms with Gasteiger partial charge in [-0.2, -0.15) is 27.0 Å². The quantitative estimate of drug-likeness (QED) is 0.219. The van der Waals surface area contributed by atoms with E-state index in [1.807, 2.05) is 44.2 Å². The molecule has 1 aromatic carbocycles. The van der Waals surface area contributed by atoms with Gasteiger partial charge in [0.2, 0.25) is 11.8 Å². The van der Waals surface area contributed by atoms with Crippen LogP contribution in [0.25, 0.3) is 10.2 Å². The van der Waals surface area contributed by atoms with E-state index in [1.54, 1.807) is 29.4 Å². The lowest BCUT2D eigenvalue weighted by Gasteiger charge is -2.31. The van der Waals surface area contributed by atoms with E-state index < -0.39 is 0 Å². The first-order valence-corrected chi connectivity index (χ1v) is 14.5. The van der Waals surface area contributed by atoms with Crippen LogP contribution in [-0.2, 0) is 4.79 Å². The van der Waals surface area contributed by atoms with Gasteiger partial charge in [-0.3, -0.25) is 14.5 Å². The molecule has 43 heavy (non-hydrogen) atoms. The molecule has 1 fully saturated rings. The molecule has 0 saturated heterocycles. The summed E-state index contributed by atoms with van der Waals surface area (Å²) in [5, 5.41) is 9.83. The Balaban J connectivity index is 0.00000212. The second kappa shape index (κ2) is 13.7. The molecule has 1 aliphatic heterocycles. The fraction of sp³-hybridized carbons (Fsp3) is 0.300. The predicted octanol–water partition coefficient (Wildman–Crippen LogP) is 6.27. The molecule has 2 atom stereocenters. The highest BCUT2D eigenvalue weighted by atomic mass is 32.1. The normalized spacial score (nSPS) is 17.3. The van der Waals surface area contributed by atoms with Crippen LogP contribution in [0.3, 0.4) is 0 Å². The van der Waals surface area contributed by atoms with E-state index in [1.165, 1.54) is 11.3 Å². The number of rotatable bonds is 7. The average Bonchev–Trinajstić information content (AvgIpc) is 3.34. The molecule has 0 spiro atoms. The summed E-state index contributed by atoms with van der Waals surface area (Å²) in [5.41, 5.74) is 2.49. The highest BCUT2D eigenvalue weighted by Gasteiger charge is 2.34. The minimum atomic E-state index is -0.390. The zero-order chi connectivity index (χ0) is 28.5. The van der Waals surface area contributed by atoms with Gasteiger partial charge in [0.15, 0.2) is 0 Å². The number of pyridine rings is 2. The molecule has 3 N–H and O–H groups in total. The molecule has 226 valence electrons. The number of aryl methyl sites for hydroxylation is 1. The van der Waals surface area contributed by atoms with Crippen molar-refractivity contribution in [1.82, 2.24) is 20.6 Å². The minimum absolute atomic E-state index is 0. The van der Waals surface area contributed by atoms with Crippen molar-refractivity contribution in [3.63, 3.8) is 0 Å². The molecule has 6 rings (SSSR count). The smallest absolute Gasteiger partial charge is 0.331 e. The highest BCUT2D eigenvalue weighted by Crippen LogP contribution is 2.46. The van der Waals surface area contributed by atoms with Crippen molar-refractivity contribution in [3.8, 4) is 11.6 Å². The molecule has 1 saturated carbocycles. The Hall–Kier alpha value is -3.81. The first-order valence-electron chi connectivity index (χ1n) is 13.7. The lowest BCUT2D eigenvalue weighted by atomic mass is 9.90. The number of nitrogens with zero attached hydrogens (tertiary/aromatic N) is 3. The third-order valence-electron chi connectivity index (χ3n) is 7.41. The fourth-order valence-corrected chi connectivity index (χ4v) is 6.46. The summed E-state index contributed by atoms with van der Waals surface area (Å²) < 4.78 is 5.86. The molecule has 13 heteroatoms. The summed E-state index contributed by atoms with van der Waals surface area (Å²) in [4.78, 5) is 50.4. The highest BCUT2D eigenvalue weighted by molar-refractivity contribution is 7.59. The number of carbonyl (C=O) groups is 3. The van der Waals surface area contributed by atoms with Gasteiger partial charge in [0, 0.05) is 30.8 Å². The van der Waals surface area contributed by atoms with Gasteiger partial charge in [-0.15, -0.1) is 11.3 Å². The first-order chi connectivity index (χ1) is 19.9. The lowest BCUT2D eigenvalue weighted by Crippen LogP contribution is -2.45. The largest absolute Gasteiger partial charge is 0.439 e. The van der Waals surface area contributed by atoms with Crippen LogP contribution < -0.4 is 25.6 Å². The number of hydrogen-bond acceptors (Lipinski definition) is 7. The Morgan fingerprint density at radius 3 is 2.53 bits per heavy atom. The van der Waals surface area contributed by atoms with Gasteiger partial charge in [-0.25, -0.2) is 14.8 Å². The van der Waals surface area contributed by atoms with E-state index in [0.717, 1.165) is 24.8 Å². The molecule has 4 heterocycles. The number of benzene rings is 1. The van der Waals surface area contributed by atoms with Crippen molar-refractivity contribution >= 4 is 83.5 Å². The number of anilines is 3. The summed E-state index contributed by atoms with van der Waals surface area (Å²) in [6.07, 6.45) is 7.02. The number of urea groups is 1. The summed E-state index contributed by atoms with van der Waals surface area (Å²) in [7, 11) is 0. The maximum Gasteiger partial charge on any atom is 0.331 e. The van der Waals surface area contributed by atoms with E-state index in [9.17, 15) is 14.4 Å². The molecule has 4 aromatic rings. The number of para-hydroxylation sites is 1. The SMILES string of the molecule is CCC(=O)N[C@H]1CCC[C@H](NC(=O)c2sc3nccc4c3c2NC(=O)N4c2cnc(Oc3ccccc3)cc2C)C1.S.S. The molecule has 2 aliphatic rings. The van der Waals surface area contributed by atoms with Crippen LogP contribution in [0.4, 0.5) is 21.9 Å². The lowest BCUT2D eigenvalue weighted by molar-refractivity contribution is -0.121. The number of carbonyl (C=O) groups excluding carboxylic acids is 3. The van der Waals surface area contributed by atoms with Crippen molar-refractivity contribution in [2.45, 2.75) is 58.0 Å². The van der Waals surface area contributed by atoms with Crippen LogP contribution in [-0.4, -0.2) is 39.9 Å². The summed E-state index contributed by atoms with van der Waals surface area (Å²) in [6.45, 7) is 3.72. The van der Waals surface area contributed by atoms with Crippen LogP contribution in [0.5, 0.6) is 11.6 Å². The van der Waals surface area contributed by atoms with E-state index in [4.69, 9.17) is 4.74 Å². The number of amides is 4. The molecular formula is C30H34N6O4S3. The molecule has 0 unspecified atom stereocenters. The van der Waals surface area contributed by atoms with Crippen molar-refractivity contribution in [1.29, 1.82) is 0 Å². The summed E-state index contributed by atoms with van der Waals surface area (Å²) in [5.74, 6) is 0.854. The van der Waals surface area contributed by atoms with Crippen LogP contribution >= 0.6 is 38.3 Å². The average molecular weight is 639 g/mol. The Labute approximate surface area is 267 Å². The van der Waals surface area contributed by atoms with Gasteiger partial charge >= 0.3 is 6.03 Å². The zero-order valence-corrected chi connectivity index (χ0v) is 26.6. The molecule has 0 bridgehead atoms. The molecular weight excluding hydrogens is 605 g/mol. The van der Waals surface area contributed by atoms with Gasteiger partial charge in [-0.05, 0) is 56.4 Å². The van der Waals surface area contributed by atoms with Crippen molar-refractivity contribution in [2.24, 2.45) is 0 Å². The molecule has 10 nitrogen and oxygen atoms in total. The third-order valence-corrected chi connectivity index (χ3v) is 8.51. The second-order valence-corrected chi connectivity index (χ2v) is 11.3. The van der Waals surface area contributed by atoms with Crippen molar-refractivity contribution < 1.29 is 19.1 Å². The van der Waals surface area contributed by atoms with E-state index in [0.29, 0.717) is 56.6 Å². The van der Waals surface area contributed by atoms with Gasteiger partial charge in [-0.1, -0.05) is 25.1 Å². The Kier molecular flexibility index (Phi) is 10.2. The maximum atomic E-state index is 13.5. The predicted molar refractivity (Wildman–Crippen MR) is 179 cm³/mol. The van der Waals surface area contributed by atoms with E-state index in [2.05, 4.69) is 25.9 Å². The van der Waals surface area contributed by atoms with E-state index in [-0.39, 0.29) is 56.9 Å².